The Bertz CT molecular complexity index is 1610. The van der Waals surface area contributed by atoms with E-state index in [1.54, 1.807) is 29.7 Å². The Morgan fingerprint density at radius 3 is 2.36 bits per heavy atom. The zero-order chi connectivity index (χ0) is 30.0. The highest BCUT2D eigenvalue weighted by Gasteiger charge is 2.37. The minimum Gasteiger partial charge on any atom is -0.451 e. The number of anilines is 1. The summed E-state index contributed by atoms with van der Waals surface area (Å²) in [6.07, 6.45) is 0. The Kier molecular flexibility index (Phi) is 9.09. The number of hydrogen-bond acceptors (Lipinski definition) is 7. The number of carbonyl (C=O) groups excluding carboxylic acids is 1. The number of hydrogen-bond donors (Lipinski definition) is 2. The van der Waals surface area contributed by atoms with E-state index in [2.05, 4.69) is 0 Å². The van der Waals surface area contributed by atoms with Crippen molar-refractivity contribution in [3.8, 4) is 11.5 Å². The quantitative estimate of drug-likeness (QED) is 0.154. The summed E-state index contributed by atoms with van der Waals surface area (Å²) in [5.41, 5.74) is 3.68. The Balaban J connectivity index is 1.36. The molecule has 2 N–H and O–H groups in total. The fourth-order valence-corrected chi connectivity index (χ4v) is 7.18. The van der Waals surface area contributed by atoms with Gasteiger partial charge in [-0.3, -0.25) is 10.0 Å². The highest BCUT2D eigenvalue weighted by Crippen LogP contribution is 2.36. The SMILES string of the molecule is Cc1ccc(Oc2c(F)cc(S(=O)N3CCN(Sc4cccc5c(N(C)C)cccc45)C[C@@H]3C(=O)NO)cc2F)cc1. The lowest BCUT2D eigenvalue weighted by atomic mass is 10.1. The van der Waals surface area contributed by atoms with Crippen LogP contribution >= 0.6 is 11.9 Å². The zero-order valence-electron chi connectivity index (χ0n) is 23.2. The molecule has 1 amide bonds. The summed E-state index contributed by atoms with van der Waals surface area (Å²) in [7, 11) is 1.85. The third-order valence-corrected chi connectivity index (χ3v) is 9.55. The van der Waals surface area contributed by atoms with Crippen LogP contribution in [0.1, 0.15) is 5.56 Å². The van der Waals surface area contributed by atoms with Gasteiger partial charge in [-0.05, 0) is 60.7 Å². The van der Waals surface area contributed by atoms with Crippen molar-refractivity contribution in [3.63, 3.8) is 0 Å². The zero-order valence-corrected chi connectivity index (χ0v) is 24.8. The number of carbonyl (C=O) groups is 1. The number of amides is 1. The van der Waals surface area contributed by atoms with Crippen LogP contribution in [0.4, 0.5) is 14.5 Å². The number of ether oxygens (including phenoxy) is 1. The summed E-state index contributed by atoms with van der Waals surface area (Å²) in [6, 6.07) is 19.6. The molecule has 2 atom stereocenters. The van der Waals surface area contributed by atoms with Crippen molar-refractivity contribution in [2.24, 2.45) is 0 Å². The number of rotatable bonds is 8. The summed E-state index contributed by atoms with van der Waals surface area (Å²) in [6.45, 7) is 2.51. The van der Waals surface area contributed by atoms with Gasteiger partial charge in [-0.2, -0.15) is 0 Å². The van der Waals surface area contributed by atoms with Crippen LogP contribution in [0.2, 0.25) is 0 Å². The van der Waals surface area contributed by atoms with Crippen LogP contribution < -0.4 is 15.1 Å². The predicted molar refractivity (Wildman–Crippen MR) is 160 cm³/mol. The minimum atomic E-state index is -2.11. The van der Waals surface area contributed by atoms with Crippen molar-refractivity contribution in [1.29, 1.82) is 0 Å². The molecule has 4 aromatic carbocycles. The average Bonchev–Trinajstić information content (AvgIpc) is 2.98. The number of benzene rings is 4. The Labute approximate surface area is 249 Å². The normalized spacial score (nSPS) is 16.8. The first kappa shape index (κ1) is 29.9. The molecule has 5 rings (SSSR count). The maximum atomic E-state index is 15.0. The highest BCUT2D eigenvalue weighted by atomic mass is 32.2. The van der Waals surface area contributed by atoms with Crippen molar-refractivity contribution in [1.82, 2.24) is 14.1 Å². The summed E-state index contributed by atoms with van der Waals surface area (Å²) in [4.78, 5) is 15.6. The molecule has 1 aliphatic rings. The van der Waals surface area contributed by atoms with Gasteiger partial charge in [-0.1, -0.05) is 42.0 Å². The largest absolute Gasteiger partial charge is 0.451 e. The van der Waals surface area contributed by atoms with Crippen LogP contribution in [0.25, 0.3) is 10.8 Å². The van der Waals surface area contributed by atoms with E-state index in [0.29, 0.717) is 6.54 Å². The van der Waals surface area contributed by atoms with E-state index in [1.807, 2.05) is 66.6 Å². The van der Waals surface area contributed by atoms with Gasteiger partial charge in [0.2, 0.25) is 0 Å². The van der Waals surface area contributed by atoms with Crippen molar-refractivity contribution in [3.05, 3.63) is 90.0 Å². The number of halogens is 2. The fourth-order valence-electron chi connectivity index (χ4n) is 4.78. The van der Waals surface area contributed by atoms with E-state index in [4.69, 9.17) is 4.74 Å². The first-order valence-electron chi connectivity index (χ1n) is 13.1. The van der Waals surface area contributed by atoms with Gasteiger partial charge in [-0.15, -0.1) is 0 Å². The van der Waals surface area contributed by atoms with E-state index in [9.17, 15) is 23.0 Å². The van der Waals surface area contributed by atoms with Gasteiger partial charge < -0.3 is 9.64 Å². The molecule has 220 valence electrons. The molecule has 1 heterocycles. The van der Waals surface area contributed by atoms with Crippen LogP contribution in [0.15, 0.2) is 82.6 Å². The molecule has 1 fully saturated rings. The van der Waals surface area contributed by atoms with E-state index in [-0.39, 0.29) is 23.7 Å². The molecule has 1 aliphatic heterocycles. The molecule has 0 aliphatic carbocycles. The number of nitrogens with one attached hydrogen (secondary N) is 1. The number of aryl methyl sites for hydroxylation is 1. The minimum absolute atomic E-state index is 0.103. The molecule has 0 radical (unpaired) electrons. The van der Waals surface area contributed by atoms with Gasteiger partial charge in [0.1, 0.15) is 22.8 Å². The van der Waals surface area contributed by atoms with E-state index in [0.717, 1.165) is 39.1 Å². The number of piperazine rings is 1. The van der Waals surface area contributed by atoms with Crippen molar-refractivity contribution in [2.45, 2.75) is 22.8 Å². The Morgan fingerprint density at radius 2 is 1.69 bits per heavy atom. The van der Waals surface area contributed by atoms with E-state index >= 15 is 0 Å². The lowest BCUT2D eigenvalue weighted by Crippen LogP contribution is -2.57. The van der Waals surface area contributed by atoms with Crippen LogP contribution in [0.3, 0.4) is 0 Å². The Morgan fingerprint density at radius 1 is 1.02 bits per heavy atom. The summed E-state index contributed by atoms with van der Waals surface area (Å²) >= 11 is 1.46. The maximum absolute atomic E-state index is 15.0. The third-order valence-electron chi connectivity index (χ3n) is 6.90. The molecule has 4 aromatic rings. The van der Waals surface area contributed by atoms with Gasteiger partial charge in [0.25, 0.3) is 5.91 Å². The van der Waals surface area contributed by atoms with Gasteiger partial charge >= 0.3 is 0 Å². The summed E-state index contributed by atoms with van der Waals surface area (Å²) in [5, 5.41) is 11.6. The van der Waals surface area contributed by atoms with E-state index in [1.165, 1.54) is 16.3 Å². The summed E-state index contributed by atoms with van der Waals surface area (Å²) < 4.78 is 52.2. The monoisotopic (exact) mass is 612 g/mol. The van der Waals surface area contributed by atoms with Crippen LogP contribution in [-0.2, 0) is 15.8 Å². The number of nitrogens with zero attached hydrogens (tertiary/aromatic N) is 3. The molecule has 1 unspecified atom stereocenters. The molecule has 8 nitrogen and oxygen atoms in total. The lowest BCUT2D eigenvalue weighted by Gasteiger charge is -2.38. The maximum Gasteiger partial charge on any atom is 0.263 e. The first-order chi connectivity index (χ1) is 20.2. The number of fused-ring (bicyclic) bond motifs is 1. The van der Waals surface area contributed by atoms with Gasteiger partial charge in [0.05, 0.1) is 4.90 Å². The van der Waals surface area contributed by atoms with E-state index < -0.39 is 40.3 Å². The smallest absolute Gasteiger partial charge is 0.263 e. The topological polar surface area (TPSA) is 85.4 Å². The van der Waals surface area contributed by atoms with Gasteiger partial charge in [0, 0.05) is 49.7 Å². The fraction of sp³-hybridized carbons (Fsp3) is 0.233. The highest BCUT2D eigenvalue weighted by molar-refractivity contribution is 7.97. The first-order valence-corrected chi connectivity index (χ1v) is 15.0. The molecule has 1 saturated heterocycles. The molecule has 0 saturated carbocycles. The number of hydroxylamine groups is 1. The van der Waals surface area contributed by atoms with Crippen molar-refractivity contribution >= 4 is 45.3 Å². The average molecular weight is 613 g/mol. The standard InChI is InChI=1S/C30H30F2N4O4S2/c1-19-10-12-20(13-11-19)40-29-24(31)16-21(17-25(29)32)42(39)36-15-14-35(18-27(36)30(37)33-38)41-28-9-5-6-22-23(28)7-4-8-26(22)34(2)3/h4-13,16-17,27,38H,14-15,18H2,1-3H3,(H,33,37)/t27-,42?/m1/s1. The molecular weight excluding hydrogens is 582 g/mol. The predicted octanol–water partition coefficient (Wildman–Crippen LogP) is 5.51. The second kappa shape index (κ2) is 12.8. The van der Waals surface area contributed by atoms with Crippen LogP contribution in [-0.4, -0.2) is 63.7 Å². The summed E-state index contributed by atoms with van der Waals surface area (Å²) in [5.74, 6) is -3.18. The van der Waals surface area contributed by atoms with Gasteiger partial charge in [0.15, 0.2) is 17.4 Å². The second-order valence-electron chi connectivity index (χ2n) is 10.0. The molecule has 42 heavy (non-hydrogen) atoms. The molecule has 0 bridgehead atoms. The molecule has 12 heteroatoms. The second-order valence-corrected chi connectivity index (χ2v) is 12.6. The van der Waals surface area contributed by atoms with Crippen molar-refractivity contribution < 1.29 is 27.7 Å². The lowest BCUT2D eigenvalue weighted by molar-refractivity contribution is -0.134. The Hall–Kier alpha value is -3.55. The van der Waals surface area contributed by atoms with Crippen LogP contribution in [0.5, 0.6) is 11.5 Å². The van der Waals surface area contributed by atoms with Crippen molar-refractivity contribution in [2.75, 3.05) is 38.6 Å². The van der Waals surface area contributed by atoms with Crippen LogP contribution in [0, 0.1) is 18.6 Å². The molecule has 0 aromatic heterocycles. The molecule has 0 spiro atoms. The third kappa shape index (κ3) is 6.27. The molecular formula is C30H30F2N4O4S2. The van der Waals surface area contributed by atoms with Gasteiger partial charge in [-0.25, -0.2) is 27.1 Å².